The van der Waals surface area contributed by atoms with Crippen LogP contribution in [0.2, 0.25) is 0 Å². The molecule has 0 unspecified atom stereocenters. The zero-order valence-electron chi connectivity index (χ0n) is 6.34. The van der Waals surface area contributed by atoms with E-state index in [1.807, 2.05) is 12.1 Å². The van der Waals surface area contributed by atoms with Gasteiger partial charge in [0.1, 0.15) is 0 Å². The van der Waals surface area contributed by atoms with Crippen molar-refractivity contribution in [3.05, 3.63) is 28.2 Å². The standard InChI is InChI=1S/C9H7BrOS/c10-7-2-3-8-6(5-7)1-4-9(11)12-8/h2-3,5H,1,4H2. The Labute approximate surface area is 83.7 Å². The lowest BCUT2D eigenvalue weighted by atomic mass is 10.1. The van der Waals surface area contributed by atoms with E-state index in [2.05, 4.69) is 22.0 Å². The first-order valence-electron chi connectivity index (χ1n) is 3.75. The van der Waals surface area contributed by atoms with Crippen LogP contribution in [0.15, 0.2) is 27.6 Å². The molecule has 1 aromatic carbocycles. The van der Waals surface area contributed by atoms with Gasteiger partial charge in [0.15, 0.2) is 5.12 Å². The average molecular weight is 243 g/mol. The van der Waals surface area contributed by atoms with Gasteiger partial charge in [-0.15, -0.1) is 0 Å². The molecule has 0 aliphatic carbocycles. The van der Waals surface area contributed by atoms with Crippen molar-refractivity contribution in [1.82, 2.24) is 0 Å². The van der Waals surface area contributed by atoms with Crippen LogP contribution in [0.25, 0.3) is 0 Å². The third-order valence-electron chi connectivity index (χ3n) is 1.84. The maximum absolute atomic E-state index is 11.1. The molecule has 0 aromatic heterocycles. The first-order valence-corrected chi connectivity index (χ1v) is 5.36. The van der Waals surface area contributed by atoms with Crippen molar-refractivity contribution in [1.29, 1.82) is 0 Å². The van der Waals surface area contributed by atoms with Gasteiger partial charge in [-0.2, -0.15) is 0 Å². The Morgan fingerprint density at radius 1 is 1.33 bits per heavy atom. The van der Waals surface area contributed by atoms with Crippen molar-refractivity contribution >= 4 is 32.8 Å². The minimum absolute atomic E-state index is 0.282. The number of carbonyl (C=O) groups excluding carboxylic acids is 1. The molecule has 2 rings (SSSR count). The number of fused-ring (bicyclic) bond motifs is 1. The molecule has 0 saturated carbocycles. The maximum Gasteiger partial charge on any atom is 0.194 e. The van der Waals surface area contributed by atoms with Gasteiger partial charge in [-0.1, -0.05) is 27.7 Å². The summed E-state index contributed by atoms with van der Waals surface area (Å²) in [5.74, 6) is 0. The first-order chi connectivity index (χ1) is 5.75. The highest BCUT2D eigenvalue weighted by molar-refractivity contribution is 9.10. The third-order valence-corrected chi connectivity index (χ3v) is 3.39. The smallest absolute Gasteiger partial charge is 0.194 e. The second-order valence-corrected chi connectivity index (χ2v) is 4.74. The fraction of sp³-hybridized carbons (Fsp3) is 0.222. The van der Waals surface area contributed by atoms with Crippen LogP contribution >= 0.6 is 27.7 Å². The van der Waals surface area contributed by atoms with E-state index < -0.39 is 0 Å². The van der Waals surface area contributed by atoms with Crippen LogP contribution in [-0.2, 0) is 11.2 Å². The molecule has 1 aliphatic heterocycles. The Hall–Kier alpha value is -0.280. The number of halogens is 1. The fourth-order valence-corrected chi connectivity index (χ4v) is 2.54. The Bertz CT molecular complexity index is 335. The van der Waals surface area contributed by atoms with Crippen LogP contribution in [0.4, 0.5) is 0 Å². The van der Waals surface area contributed by atoms with Crippen molar-refractivity contribution in [3.63, 3.8) is 0 Å². The molecule has 0 N–H and O–H groups in total. The average Bonchev–Trinajstić information content (AvgIpc) is 2.05. The summed E-state index contributed by atoms with van der Waals surface area (Å²) in [5.41, 5.74) is 1.29. The number of benzene rings is 1. The topological polar surface area (TPSA) is 17.1 Å². The molecule has 0 atom stereocenters. The van der Waals surface area contributed by atoms with E-state index in [1.165, 1.54) is 17.3 Å². The van der Waals surface area contributed by atoms with Gasteiger partial charge >= 0.3 is 0 Å². The van der Waals surface area contributed by atoms with E-state index in [0.29, 0.717) is 6.42 Å². The summed E-state index contributed by atoms with van der Waals surface area (Å²) in [6, 6.07) is 6.07. The Kier molecular flexibility index (Phi) is 2.24. The fourth-order valence-electron chi connectivity index (χ4n) is 1.25. The van der Waals surface area contributed by atoms with Gasteiger partial charge in [0.2, 0.25) is 0 Å². The summed E-state index contributed by atoms with van der Waals surface area (Å²) in [6.07, 6.45) is 1.56. The van der Waals surface area contributed by atoms with Gasteiger partial charge in [-0.05, 0) is 30.2 Å². The molecule has 0 fully saturated rings. The number of aryl methyl sites for hydroxylation is 1. The molecule has 0 amide bonds. The molecule has 1 aromatic rings. The number of rotatable bonds is 0. The van der Waals surface area contributed by atoms with Gasteiger partial charge in [-0.25, -0.2) is 0 Å². The molecular formula is C9H7BrOS. The lowest BCUT2D eigenvalue weighted by Gasteiger charge is -2.13. The number of hydrogen-bond donors (Lipinski definition) is 0. The van der Waals surface area contributed by atoms with Gasteiger partial charge in [-0.3, -0.25) is 4.79 Å². The normalized spacial score (nSPS) is 15.9. The lowest BCUT2D eigenvalue weighted by molar-refractivity contribution is -0.111. The van der Waals surface area contributed by atoms with Crippen LogP contribution in [0, 0.1) is 0 Å². The predicted molar refractivity (Wildman–Crippen MR) is 53.3 cm³/mol. The number of thioether (sulfide) groups is 1. The van der Waals surface area contributed by atoms with Crippen molar-refractivity contribution in [2.75, 3.05) is 0 Å². The van der Waals surface area contributed by atoms with Crippen LogP contribution in [-0.4, -0.2) is 5.12 Å². The minimum atomic E-state index is 0.282. The highest BCUT2D eigenvalue weighted by atomic mass is 79.9. The molecule has 1 heterocycles. The van der Waals surface area contributed by atoms with Crippen molar-refractivity contribution in [3.8, 4) is 0 Å². The summed E-state index contributed by atoms with van der Waals surface area (Å²) in [5, 5.41) is 0.282. The van der Waals surface area contributed by atoms with Gasteiger partial charge in [0, 0.05) is 15.8 Å². The zero-order valence-corrected chi connectivity index (χ0v) is 8.74. The monoisotopic (exact) mass is 242 g/mol. The second-order valence-electron chi connectivity index (χ2n) is 2.73. The zero-order chi connectivity index (χ0) is 8.55. The van der Waals surface area contributed by atoms with Crippen LogP contribution in [0.3, 0.4) is 0 Å². The molecular weight excluding hydrogens is 236 g/mol. The summed E-state index contributed by atoms with van der Waals surface area (Å²) in [4.78, 5) is 12.2. The number of carbonyl (C=O) groups is 1. The van der Waals surface area contributed by atoms with E-state index in [9.17, 15) is 4.79 Å². The largest absolute Gasteiger partial charge is 0.287 e. The van der Waals surface area contributed by atoms with E-state index in [-0.39, 0.29) is 5.12 Å². The summed E-state index contributed by atoms with van der Waals surface area (Å²) < 4.78 is 1.09. The molecule has 1 nitrogen and oxygen atoms in total. The summed E-state index contributed by atoms with van der Waals surface area (Å²) in [6.45, 7) is 0. The number of hydrogen-bond acceptors (Lipinski definition) is 2. The van der Waals surface area contributed by atoms with Crippen molar-refractivity contribution in [2.24, 2.45) is 0 Å². The van der Waals surface area contributed by atoms with E-state index in [1.54, 1.807) is 0 Å². The summed E-state index contributed by atoms with van der Waals surface area (Å²) in [7, 11) is 0. The lowest BCUT2D eigenvalue weighted by Crippen LogP contribution is -2.03. The van der Waals surface area contributed by atoms with Gasteiger partial charge in [0.05, 0.1) is 0 Å². The summed E-state index contributed by atoms with van der Waals surface area (Å²) >= 11 is 4.77. The molecule has 12 heavy (non-hydrogen) atoms. The quantitative estimate of drug-likeness (QED) is 0.696. The van der Waals surface area contributed by atoms with Crippen LogP contribution in [0.1, 0.15) is 12.0 Å². The Morgan fingerprint density at radius 2 is 2.17 bits per heavy atom. The molecule has 3 heteroatoms. The maximum atomic E-state index is 11.1. The van der Waals surface area contributed by atoms with Crippen LogP contribution in [0.5, 0.6) is 0 Å². The molecule has 1 aliphatic rings. The second kappa shape index (κ2) is 3.23. The van der Waals surface area contributed by atoms with E-state index in [0.717, 1.165) is 15.8 Å². The molecule has 0 spiro atoms. The molecule has 0 bridgehead atoms. The van der Waals surface area contributed by atoms with Crippen LogP contribution < -0.4 is 0 Å². The minimum Gasteiger partial charge on any atom is -0.287 e. The third kappa shape index (κ3) is 1.57. The van der Waals surface area contributed by atoms with E-state index in [4.69, 9.17) is 0 Å². The van der Waals surface area contributed by atoms with Crippen molar-refractivity contribution < 1.29 is 4.79 Å². The van der Waals surface area contributed by atoms with Gasteiger partial charge < -0.3 is 0 Å². The van der Waals surface area contributed by atoms with E-state index >= 15 is 0 Å². The van der Waals surface area contributed by atoms with Gasteiger partial charge in [0.25, 0.3) is 0 Å². The molecule has 0 saturated heterocycles. The first kappa shape index (κ1) is 8.32. The SMILES string of the molecule is O=C1CCc2cc(Br)ccc2S1. The Morgan fingerprint density at radius 3 is 3.00 bits per heavy atom. The highest BCUT2D eigenvalue weighted by Crippen LogP contribution is 2.32. The Balaban J connectivity index is 2.43. The van der Waals surface area contributed by atoms with Crippen molar-refractivity contribution in [2.45, 2.75) is 17.7 Å². The highest BCUT2D eigenvalue weighted by Gasteiger charge is 2.15. The molecule has 0 radical (unpaired) electrons. The predicted octanol–water partition coefficient (Wildman–Crippen LogP) is 3.01. The molecule has 62 valence electrons.